The zero-order valence-corrected chi connectivity index (χ0v) is 11.7. The number of hydrogen-bond donors (Lipinski definition) is 1. The maximum Gasteiger partial charge on any atom is 0.0623 e. The van der Waals surface area contributed by atoms with Gasteiger partial charge < -0.3 is 5.32 Å². The lowest BCUT2D eigenvalue weighted by Gasteiger charge is -2.09. The molecule has 0 unspecified atom stereocenters. The van der Waals surface area contributed by atoms with Crippen LogP contribution in [0.5, 0.6) is 0 Å². The summed E-state index contributed by atoms with van der Waals surface area (Å²) in [6, 6.07) is 9.68. The Bertz CT molecular complexity index is 529. The van der Waals surface area contributed by atoms with Crippen LogP contribution in [0.4, 0.5) is 5.69 Å². The third kappa shape index (κ3) is 3.20. The number of pyridine rings is 1. The SMILES string of the molecule is Cc1cccnc1CNc1ccc(Cl)cc1Br. The highest BCUT2D eigenvalue weighted by molar-refractivity contribution is 9.10. The Morgan fingerprint density at radius 3 is 2.88 bits per heavy atom. The minimum atomic E-state index is 0.701. The Morgan fingerprint density at radius 2 is 2.18 bits per heavy atom. The number of hydrogen-bond acceptors (Lipinski definition) is 2. The Labute approximate surface area is 114 Å². The number of aromatic nitrogens is 1. The summed E-state index contributed by atoms with van der Waals surface area (Å²) >= 11 is 9.36. The predicted octanol–water partition coefficient (Wildman–Crippen LogP) is 4.42. The second kappa shape index (κ2) is 5.52. The highest BCUT2D eigenvalue weighted by Gasteiger charge is 2.02. The summed E-state index contributed by atoms with van der Waals surface area (Å²) in [6.07, 6.45) is 1.81. The number of rotatable bonds is 3. The van der Waals surface area contributed by atoms with Crippen molar-refractivity contribution in [2.24, 2.45) is 0 Å². The molecule has 1 aromatic heterocycles. The lowest BCUT2D eigenvalue weighted by atomic mass is 10.2. The molecule has 0 aliphatic rings. The summed E-state index contributed by atoms with van der Waals surface area (Å²) in [7, 11) is 0. The summed E-state index contributed by atoms with van der Waals surface area (Å²) in [4.78, 5) is 4.34. The summed E-state index contributed by atoms with van der Waals surface area (Å²) < 4.78 is 0.957. The molecule has 1 aromatic carbocycles. The van der Waals surface area contributed by atoms with Crippen molar-refractivity contribution in [3.63, 3.8) is 0 Å². The quantitative estimate of drug-likeness (QED) is 0.907. The maximum absolute atomic E-state index is 5.89. The number of nitrogens with one attached hydrogen (secondary N) is 1. The zero-order chi connectivity index (χ0) is 12.3. The van der Waals surface area contributed by atoms with E-state index in [9.17, 15) is 0 Å². The molecule has 0 saturated heterocycles. The summed E-state index contributed by atoms with van der Waals surface area (Å²) in [6.45, 7) is 2.76. The van der Waals surface area contributed by atoms with Gasteiger partial charge in [-0.15, -0.1) is 0 Å². The molecule has 0 aliphatic carbocycles. The molecule has 4 heteroatoms. The molecule has 2 nitrogen and oxygen atoms in total. The van der Waals surface area contributed by atoms with Gasteiger partial charge in [-0.1, -0.05) is 17.7 Å². The van der Waals surface area contributed by atoms with E-state index in [1.807, 2.05) is 24.3 Å². The van der Waals surface area contributed by atoms with Crippen molar-refractivity contribution in [2.75, 3.05) is 5.32 Å². The van der Waals surface area contributed by atoms with Gasteiger partial charge in [-0.05, 0) is 52.7 Å². The van der Waals surface area contributed by atoms with Gasteiger partial charge in [0.2, 0.25) is 0 Å². The van der Waals surface area contributed by atoms with E-state index in [0.29, 0.717) is 6.54 Å². The average Bonchev–Trinajstić information content (AvgIpc) is 2.30. The third-order valence-corrected chi connectivity index (χ3v) is 3.39. The van der Waals surface area contributed by atoms with E-state index in [1.165, 1.54) is 5.56 Å². The maximum atomic E-state index is 5.89. The summed E-state index contributed by atoms with van der Waals surface area (Å²) in [5, 5.41) is 4.05. The Hall–Kier alpha value is -1.06. The molecule has 1 heterocycles. The highest BCUT2D eigenvalue weighted by atomic mass is 79.9. The molecule has 0 radical (unpaired) electrons. The molecule has 1 N–H and O–H groups in total. The first-order chi connectivity index (χ1) is 8.16. The Morgan fingerprint density at radius 1 is 1.35 bits per heavy atom. The molecule has 0 bridgehead atoms. The second-order valence-corrected chi connectivity index (χ2v) is 5.04. The molecule has 0 fully saturated rings. The minimum Gasteiger partial charge on any atom is -0.378 e. The number of halogens is 2. The lowest BCUT2D eigenvalue weighted by Crippen LogP contribution is -2.03. The van der Waals surface area contributed by atoms with E-state index in [0.717, 1.165) is 20.9 Å². The molecular weight excluding hydrogens is 300 g/mol. The first-order valence-electron chi connectivity index (χ1n) is 5.26. The minimum absolute atomic E-state index is 0.701. The van der Waals surface area contributed by atoms with Crippen LogP contribution in [0.1, 0.15) is 11.3 Å². The van der Waals surface area contributed by atoms with Gasteiger partial charge in [0.1, 0.15) is 0 Å². The van der Waals surface area contributed by atoms with Gasteiger partial charge in [0, 0.05) is 21.4 Å². The number of anilines is 1. The molecule has 0 saturated carbocycles. The van der Waals surface area contributed by atoms with Crippen molar-refractivity contribution in [1.82, 2.24) is 4.98 Å². The highest BCUT2D eigenvalue weighted by Crippen LogP contribution is 2.26. The van der Waals surface area contributed by atoms with Crippen LogP contribution in [0, 0.1) is 6.92 Å². The van der Waals surface area contributed by atoms with Crippen molar-refractivity contribution in [2.45, 2.75) is 13.5 Å². The predicted molar refractivity (Wildman–Crippen MR) is 75.5 cm³/mol. The van der Waals surface area contributed by atoms with Gasteiger partial charge in [-0.3, -0.25) is 4.98 Å². The molecule has 2 aromatic rings. The van der Waals surface area contributed by atoms with Gasteiger partial charge >= 0.3 is 0 Å². The van der Waals surface area contributed by atoms with Crippen molar-refractivity contribution in [3.05, 3.63) is 57.3 Å². The lowest BCUT2D eigenvalue weighted by molar-refractivity contribution is 1.02. The van der Waals surface area contributed by atoms with E-state index in [2.05, 4.69) is 39.2 Å². The Kier molecular flexibility index (Phi) is 4.02. The largest absolute Gasteiger partial charge is 0.378 e. The number of nitrogens with zero attached hydrogens (tertiary/aromatic N) is 1. The van der Waals surface area contributed by atoms with Crippen LogP contribution in [0.15, 0.2) is 41.0 Å². The molecule has 2 rings (SSSR count). The smallest absolute Gasteiger partial charge is 0.0623 e. The van der Waals surface area contributed by atoms with Crippen molar-refractivity contribution < 1.29 is 0 Å². The fourth-order valence-corrected chi connectivity index (χ4v) is 2.34. The van der Waals surface area contributed by atoms with Crippen LogP contribution < -0.4 is 5.32 Å². The van der Waals surface area contributed by atoms with E-state index in [4.69, 9.17) is 11.6 Å². The fraction of sp³-hybridized carbons (Fsp3) is 0.154. The topological polar surface area (TPSA) is 24.9 Å². The van der Waals surface area contributed by atoms with Crippen molar-refractivity contribution in [1.29, 1.82) is 0 Å². The Balaban J connectivity index is 2.10. The summed E-state index contributed by atoms with van der Waals surface area (Å²) in [5.74, 6) is 0. The number of aryl methyl sites for hydroxylation is 1. The van der Waals surface area contributed by atoms with Crippen molar-refractivity contribution in [3.8, 4) is 0 Å². The van der Waals surface area contributed by atoms with Crippen LogP contribution in [0.3, 0.4) is 0 Å². The molecule has 17 heavy (non-hydrogen) atoms. The fourth-order valence-electron chi connectivity index (χ4n) is 1.52. The number of benzene rings is 1. The van der Waals surface area contributed by atoms with E-state index in [-0.39, 0.29) is 0 Å². The van der Waals surface area contributed by atoms with Gasteiger partial charge in [-0.2, -0.15) is 0 Å². The van der Waals surface area contributed by atoms with E-state index >= 15 is 0 Å². The van der Waals surface area contributed by atoms with Gasteiger partial charge in [0.25, 0.3) is 0 Å². The first-order valence-corrected chi connectivity index (χ1v) is 6.43. The second-order valence-electron chi connectivity index (χ2n) is 3.74. The van der Waals surface area contributed by atoms with Gasteiger partial charge in [-0.25, -0.2) is 0 Å². The standard InChI is InChI=1S/C13H12BrClN2/c1-9-3-2-6-16-13(9)8-17-12-5-4-10(15)7-11(12)14/h2-7,17H,8H2,1H3. The van der Waals surface area contributed by atoms with Crippen LogP contribution in [0.2, 0.25) is 5.02 Å². The first kappa shape index (κ1) is 12.4. The molecule has 88 valence electrons. The van der Waals surface area contributed by atoms with E-state index in [1.54, 1.807) is 6.20 Å². The molecule has 0 atom stereocenters. The van der Waals surface area contributed by atoms with Crippen LogP contribution in [0.25, 0.3) is 0 Å². The van der Waals surface area contributed by atoms with Gasteiger partial charge in [0.05, 0.1) is 12.2 Å². The van der Waals surface area contributed by atoms with Crippen LogP contribution in [-0.2, 0) is 6.54 Å². The molecular formula is C13H12BrClN2. The van der Waals surface area contributed by atoms with Crippen LogP contribution in [-0.4, -0.2) is 4.98 Å². The van der Waals surface area contributed by atoms with Gasteiger partial charge in [0.15, 0.2) is 0 Å². The van der Waals surface area contributed by atoms with Crippen molar-refractivity contribution >= 4 is 33.2 Å². The molecule has 0 aliphatic heterocycles. The monoisotopic (exact) mass is 310 g/mol. The average molecular weight is 312 g/mol. The normalized spacial score (nSPS) is 10.3. The summed E-state index contributed by atoms with van der Waals surface area (Å²) in [5.41, 5.74) is 3.25. The molecule has 0 amide bonds. The molecule has 0 spiro atoms. The third-order valence-electron chi connectivity index (χ3n) is 2.50. The zero-order valence-electron chi connectivity index (χ0n) is 9.37. The van der Waals surface area contributed by atoms with E-state index < -0.39 is 0 Å². The van der Waals surface area contributed by atoms with Crippen LogP contribution >= 0.6 is 27.5 Å².